The van der Waals surface area contributed by atoms with Crippen LogP contribution < -0.4 is 0 Å². The highest BCUT2D eigenvalue weighted by Crippen LogP contribution is 2.23. The fourth-order valence-corrected chi connectivity index (χ4v) is 2.60. The predicted molar refractivity (Wildman–Crippen MR) is 96.1 cm³/mol. The SMILES string of the molecule is CCOC(=O)c1cc(CC(C)C)c(-c2cc(CC(C)C)ncn2)nn1. The zero-order valence-corrected chi connectivity index (χ0v) is 15.6. The Morgan fingerprint density at radius 1 is 1.04 bits per heavy atom. The Morgan fingerprint density at radius 3 is 2.40 bits per heavy atom. The molecule has 0 spiro atoms. The number of ether oxygens (including phenoxy) is 1. The molecule has 0 atom stereocenters. The Hall–Kier alpha value is -2.37. The molecule has 0 saturated heterocycles. The highest BCUT2D eigenvalue weighted by molar-refractivity contribution is 5.87. The molecule has 2 aromatic rings. The van der Waals surface area contributed by atoms with Crippen molar-refractivity contribution in [2.45, 2.75) is 47.5 Å². The lowest BCUT2D eigenvalue weighted by Crippen LogP contribution is -2.11. The molecule has 134 valence electrons. The third-order valence-electron chi connectivity index (χ3n) is 3.57. The van der Waals surface area contributed by atoms with Gasteiger partial charge in [0.15, 0.2) is 5.69 Å². The molecular weight excluding hydrogens is 316 g/mol. The number of aromatic nitrogens is 4. The lowest BCUT2D eigenvalue weighted by molar-refractivity contribution is 0.0518. The van der Waals surface area contributed by atoms with E-state index in [2.05, 4.69) is 47.9 Å². The van der Waals surface area contributed by atoms with Crippen LogP contribution in [0.4, 0.5) is 0 Å². The van der Waals surface area contributed by atoms with E-state index in [1.807, 2.05) is 6.07 Å². The van der Waals surface area contributed by atoms with Gasteiger partial charge in [-0.15, -0.1) is 10.2 Å². The second-order valence-electron chi connectivity index (χ2n) is 6.91. The molecule has 0 unspecified atom stereocenters. The molecule has 2 rings (SSSR count). The van der Waals surface area contributed by atoms with Crippen LogP contribution in [0.2, 0.25) is 0 Å². The summed E-state index contributed by atoms with van der Waals surface area (Å²) in [4.78, 5) is 20.7. The molecule has 0 aromatic carbocycles. The van der Waals surface area contributed by atoms with Gasteiger partial charge in [0, 0.05) is 5.69 Å². The summed E-state index contributed by atoms with van der Waals surface area (Å²) in [6.07, 6.45) is 3.22. The first-order valence-electron chi connectivity index (χ1n) is 8.75. The Morgan fingerprint density at radius 2 is 1.76 bits per heavy atom. The number of hydrogen-bond donors (Lipinski definition) is 0. The molecule has 0 aliphatic heterocycles. The van der Waals surface area contributed by atoms with Crippen LogP contribution in [-0.4, -0.2) is 32.7 Å². The molecule has 2 aromatic heterocycles. The van der Waals surface area contributed by atoms with Gasteiger partial charge in [-0.1, -0.05) is 27.7 Å². The van der Waals surface area contributed by atoms with Crippen molar-refractivity contribution in [1.82, 2.24) is 20.2 Å². The van der Waals surface area contributed by atoms with E-state index in [4.69, 9.17) is 4.74 Å². The summed E-state index contributed by atoms with van der Waals surface area (Å²) in [6, 6.07) is 3.72. The highest BCUT2D eigenvalue weighted by atomic mass is 16.5. The molecule has 0 fully saturated rings. The van der Waals surface area contributed by atoms with Gasteiger partial charge in [-0.2, -0.15) is 0 Å². The molecule has 0 aliphatic carbocycles. The monoisotopic (exact) mass is 342 g/mol. The molecule has 25 heavy (non-hydrogen) atoms. The minimum absolute atomic E-state index is 0.234. The van der Waals surface area contributed by atoms with Crippen molar-refractivity contribution in [3.63, 3.8) is 0 Å². The number of nitrogens with zero attached hydrogens (tertiary/aromatic N) is 4. The van der Waals surface area contributed by atoms with Crippen LogP contribution in [0.5, 0.6) is 0 Å². The fourth-order valence-electron chi connectivity index (χ4n) is 2.60. The number of esters is 1. The van der Waals surface area contributed by atoms with Crippen LogP contribution in [0.3, 0.4) is 0 Å². The third kappa shape index (κ3) is 5.31. The zero-order valence-electron chi connectivity index (χ0n) is 15.6. The Kier molecular flexibility index (Phi) is 6.56. The third-order valence-corrected chi connectivity index (χ3v) is 3.57. The second-order valence-corrected chi connectivity index (χ2v) is 6.91. The van der Waals surface area contributed by atoms with Gasteiger partial charge in [-0.05, 0) is 49.3 Å². The summed E-state index contributed by atoms with van der Waals surface area (Å²) in [5, 5.41) is 8.33. The van der Waals surface area contributed by atoms with E-state index in [0.29, 0.717) is 24.1 Å². The Labute approximate surface area is 149 Å². The zero-order chi connectivity index (χ0) is 18.4. The Bertz CT molecular complexity index is 729. The van der Waals surface area contributed by atoms with Crippen molar-refractivity contribution in [1.29, 1.82) is 0 Å². The number of hydrogen-bond acceptors (Lipinski definition) is 6. The van der Waals surface area contributed by atoms with Crippen molar-refractivity contribution >= 4 is 5.97 Å². The number of carbonyl (C=O) groups excluding carboxylic acids is 1. The molecule has 2 heterocycles. The van der Waals surface area contributed by atoms with E-state index in [9.17, 15) is 4.79 Å². The molecular formula is C19H26N4O2. The fraction of sp³-hybridized carbons (Fsp3) is 0.526. The number of rotatable bonds is 7. The van der Waals surface area contributed by atoms with Gasteiger partial charge in [0.25, 0.3) is 0 Å². The molecule has 0 amide bonds. The van der Waals surface area contributed by atoms with Gasteiger partial charge in [-0.25, -0.2) is 14.8 Å². The summed E-state index contributed by atoms with van der Waals surface area (Å²) < 4.78 is 5.03. The summed E-state index contributed by atoms with van der Waals surface area (Å²) in [6.45, 7) is 10.6. The Balaban J connectivity index is 2.43. The quantitative estimate of drug-likeness (QED) is 0.717. The first-order chi connectivity index (χ1) is 11.9. The van der Waals surface area contributed by atoms with E-state index in [1.165, 1.54) is 0 Å². The lowest BCUT2D eigenvalue weighted by Gasteiger charge is -2.12. The van der Waals surface area contributed by atoms with E-state index in [1.54, 1.807) is 19.3 Å². The smallest absolute Gasteiger partial charge is 0.358 e. The van der Waals surface area contributed by atoms with Gasteiger partial charge in [0.2, 0.25) is 0 Å². The average Bonchev–Trinajstić information content (AvgIpc) is 2.54. The second kappa shape index (κ2) is 8.65. The van der Waals surface area contributed by atoms with Gasteiger partial charge < -0.3 is 4.74 Å². The molecule has 0 bridgehead atoms. The summed E-state index contributed by atoms with van der Waals surface area (Å²) in [7, 11) is 0. The lowest BCUT2D eigenvalue weighted by atomic mass is 9.99. The first-order valence-corrected chi connectivity index (χ1v) is 8.75. The van der Waals surface area contributed by atoms with Crippen molar-refractivity contribution < 1.29 is 9.53 Å². The summed E-state index contributed by atoms with van der Waals surface area (Å²) in [5.41, 5.74) is 3.60. The van der Waals surface area contributed by atoms with E-state index in [-0.39, 0.29) is 5.69 Å². The van der Waals surface area contributed by atoms with Crippen molar-refractivity contribution in [3.05, 3.63) is 35.4 Å². The predicted octanol–water partition coefficient (Wildman–Crippen LogP) is 3.51. The van der Waals surface area contributed by atoms with Crippen LogP contribution in [0.15, 0.2) is 18.5 Å². The van der Waals surface area contributed by atoms with Gasteiger partial charge in [-0.3, -0.25) is 0 Å². The normalized spacial score (nSPS) is 11.2. The van der Waals surface area contributed by atoms with Crippen LogP contribution in [0, 0.1) is 11.8 Å². The molecule has 6 heteroatoms. The highest BCUT2D eigenvalue weighted by Gasteiger charge is 2.17. The average molecular weight is 342 g/mol. The summed E-state index contributed by atoms with van der Waals surface area (Å²) >= 11 is 0. The van der Waals surface area contributed by atoms with E-state index >= 15 is 0 Å². The molecule has 6 nitrogen and oxygen atoms in total. The van der Waals surface area contributed by atoms with Gasteiger partial charge >= 0.3 is 5.97 Å². The van der Waals surface area contributed by atoms with E-state index < -0.39 is 5.97 Å². The van der Waals surface area contributed by atoms with Crippen molar-refractivity contribution in [2.24, 2.45) is 11.8 Å². The first kappa shape index (κ1) is 19.0. The molecule has 0 saturated carbocycles. The maximum atomic E-state index is 12.0. The van der Waals surface area contributed by atoms with E-state index in [0.717, 1.165) is 29.8 Å². The van der Waals surface area contributed by atoms with Crippen molar-refractivity contribution in [3.8, 4) is 11.4 Å². The number of carbonyl (C=O) groups is 1. The molecule has 0 aliphatic rings. The standard InChI is InChI=1S/C19H26N4O2/c1-6-25-19(24)17-9-14(7-12(2)3)18(23-22-17)16-10-15(8-13(4)5)20-11-21-16/h9-13H,6-8H2,1-5H3. The maximum Gasteiger partial charge on any atom is 0.358 e. The van der Waals surface area contributed by atoms with Crippen LogP contribution in [0.25, 0.3) is 11.4 Å². The van der Waals surface area contributed by atoms with Crippen LogP contribution >= 0.6 is 0 Å². The topological polar surface area (TPSA) is 77.9 Å². The largest absolute Gasteiger partial charge is 0.461 e. The maximum absolute atomic E-state index is 12.0. The minimum Gasteiger partial charge on any atom is -0.461 e. The van der Waals surface area contributed by atoms with Gasteiger partial charge in [0.05, 0.1) is 12.3 Å². The molecule has 0 radical (unpaired) electrons. The van der Waals surface area contributed by atoms with Gasteiger partial charge in [0.1, 0.15) is 12.0 Å². The van der Waals surface area contributed by atoms with Crippen molar-refractivity contribution in [2.75, 3.05) is 6.61 Å². The van der Waals surface area contributed by atoms with Crippen LogP contribution in [-0.2, 0) is 17.6 Å². The van der Waals surface area contributed by atoms with Crippen LogP contribution in [0.1, 0.15) is 56.4 Å². The molecule has 0 N–H and O–H groups in total. The minimum atomic E-state index is -0.449. The summed E-state index contributed by atoms with van der Waals surface area (Å²) in [5.74, 6) is 0.472.